The van der Waals surface area contributed by atoms with Crippen LogP contribution in [0.15, 0.2) is 42.6 Å². The zero-order valence-electron chi connectivity index (χ0n) is 18.4. The molecule has 0 saturated carbocycles. The molecule has 0 radical (unpaired) electrons. The van der Waals surface area contributed by atoms with Crippen LogP contribution in [0.4, 0.5) is 5.82 Å². The van der Waals surface area contributed by atoms with Crippen molar-refractivity contribution in [2.45, 2.75) is 33.2 Å². The maximum atomic E-state index is 13.2. The molecule has 7 heteroatoms. The van der Waals surface area contributed by atoms with Crippen molar-refractivity contribution >= 4 is 28.7 Å². The van der Waals surface area contributed by atoms with Gasteiger partial charge in [0.15, 0.2) is 0 Å². The fourth-order valence-electron chi connectivity index (χ4n) is 3.68. The summed E-state index contributed by atoms with van der Waals surface area (Å²) in [6, 6.07) is 11.0. The van der Waals surface area contributed by atoms with Crippen molar-refractivity contribution < 1.29 is 14.3 Å². The largest absolute Gasteiger partial charge is 0.378 e. The summed E-state index contributed by atoms with van der Waals surface area (Å²) in [4.78, 5) is 32.3. The Kier molecular flexibility index (Phi) is 5.54. The number of nitrogens with zero attached hydrogens (tertiary/aromatic N) is 3. The van der Waals surface area contributed by atoms with Gasteiger partial charge in [-0.1, -0.05) is 17.7 Å². The van der Waals surface area contributed by atoms with Crippen LogP contribution >= 0.6 is 0 Å². The number of pyridine rings is 1. The molecule has 1 aliphatic heterocycles. The number of benzene rings is 1. The first-order valence-electron chi connectivity index (χ1n) is 10.5. The molecule has 1 N–H and O–H groups in total. The summed E-state index contributed by atoms with van der Waals surface area (Å²) in [6.07, 6.45) is 1.88. The van der Waals surface area contributed by atoms with Crippen molar-refractivity contribution in [2.24, 2.45) is 0 Å². The normalized spacial score (nSPS) is 14.6. The molecule has 0 spiro atoms. The Bertz CT molecular complexity index is 1120. The van der Waals surface area contributed by atoms with Crippen LogP contribution in [-0.2, 0) is 10.3 Å². The number of carbonyl (C=O) groups excluding carboxylic acids is 2. The number of morpholine rings is 1. The molecule has 0 bridgehead atoms. The van der Waals surface area contributed by atoms with Crippen LogP contribution in [-0.4, -0.2) is 52.6 Å². The molecule has 1 fully saturated rings. The fourth-order valence-corrected chi connectivity index (χ4v) is 3.68. The van der Waals surface area contributed by atoms with E-state index >= 15 is 0 Å². The molecule has 2 amide bonds. The average molecular weight is 421 g/mol. The lowest BCUT2D eigenvalue weighted by Gasteiger charge is -2.26. The van der Waals surface area contributed by atoms with Crippen LogP contribution < -0.4 is 5.32 Å². The van der Waals surface area contributed by atoms with E-state index in [9.17, 15) is 9.59 Å². The zero-order chi connectivity index (χ0) is 22.2. The van der Waals surface area contributed by atoms with Crippen LogP contribution in [0.2, 0.25) is 0 Å². The van der Waals surface area contributed by atoms with E-state index in [1.165, 1.54) is 0 Å². The minimum absolute atomic E-state index is 0.0189. The SMILES string of the molecule is Cc1ccc(C(=O)Nc2ccc3c(C(=O)N4CCOCC4)cn(C(C)(C)C)c3n2)cc1. The second kappa shape index (κ2) is 8.15. The number of ether oxygens (including phenoxy) is 1. The van der Waals surface area contributed by atoms with Crippen molar-refractivity contribution in [1.29, 1.82) is 0 Å². The first-order chi connectivity index (χ1) is 14.7. The van der Waals surface area contributed by atoms with Gasteiger partial charge in [0.2, 0.25) is 0 Å². The summed E-state index contributed by atoms with van der Waals surface area (Å²) in [7, 11) is 0. The molecule has 0 unspecified atom stereocenters. The first kappa shape index (κ1) is 21.1. The van der Waals surface area contributed by atoms with Gasteiger partial charge in [0, 0.05) is 35.8 Å². The maximum Gasteiger partial charge on any atom is 0.256 e. The summed E-state index contributed by atoms with van der Waals surface area (Å²) in [5.74, 6) is 0.215. The molecule has 1 saturated heterocycles. The number of anilines is 1. The number of rotatable bonds is 3. The minimum Gasteiger partial charge on any atom is -0.378 e. The predicted molar refractivity (Wildman–Crippen MR) is 121 cm³/mol. The van der Waals surface area contributed by atoms with Crippen LogP contribution in [0, 0.1) is 6.92 Å². The summed E-state index contributed by atoms with van der Waals surface area (Å²) < 4.78 is 7.37. The molecule has 2 aromatic heterocycles. The van der Waals surface area contributed by atoms with Gasteiger partial charge < -0.3 is 19.5 Å². The number of nitrogens with one attached hydrogen (secondary N) is 1. The Balaban J connectivity index is 1.70. The fraction of sp³-hybridized carbons (Fsp3) is 0.375. The number of carbonyl (C=O) groups is 2. The number of hydrogen-bond acceptors (Lipinski definition) is 4. The lowest BCUT2D eigenvalue weighted by Crippen LogP contribution is -2.40. The highest BCUT2D eigenvalue weighted by molar-refractivity contribution is 6.07. The smallest absolute Gasteiger partial charge is 0.256 e. The lowest BCUT2D eigenvalue weighted by atomic mass is 10.1. The minimum atomic E-state index is -0.283. The highest BCUT2D eigenvalue weighted by Crippen LogP contribution is 2.29. The molecule has 3 aromatic rings. The highest BCUT2D eigenvalue weighted by atomic mass is 16.5. The number of fused-ring (bicyclic) bond motifs is 1. The van der Waals surface area contributed by atoms with Crippen LogP contribution in [0.3, 0.4) is 0 Å². The first-order valence-corrected chi connectivity index (χ1v) is 10.5. The Labute approximate surface area is 182 Å². The third-order valence-electron chi connectivity index (χ3n) is 5.46. The summed E-state index contributed by atoms with van der Waals surface area (Å²) >= 11 is 0. The number of amides is 2. The third-order valence-corrected chi connectivity index (χ3v) is 5.46. The topological polar surface area (TPSA) is 76.5 Å². The molecule has 0 atom stereocenters. The lowest BCUT2D eigenvalue weighted by molar-refractivity contribution is 0.0304. The summed E-state index contributed by atoms with van der Waals surface area (Å²) in [5.41, 5.74) is 2.67. The average Bonchev–Trinajstić information content (AvgIpc) is 3.13. The van der Waals surface area contributed by atoms with Gasteiger partial charge in [0.25, 0.3) is 11.8 Å². The van der Waals surface area contributed by atoms with E-state index in [1.807, 2.05) is 40.8 Å². The van der Waals surface area contributed by atoms with E-state index in [2.05, 4.69) is 26.1 Å². The van der Waals surface area contributed by atoms with E-state index < -0.39 is 0 Å². The van der Waals surface area contributed by atoms with Crippen molar-refractivity contribution in [3.05, 3.63) is 59.3 Å². The molecule has 4 rings (SSSR count). The number of hydrogen-bond donors (Lipinski definition) is 1. The van der Waals surface area contributed by atoms with Crippen molar-refractivity contribution in [1.82, 2.24) is 14.5 Å². The van der Waals surface area contributed by atoms with E-state index in [-0.39, 0.29) is 17.4 Å². The van der Waals surface area contributed by atoms with Gasteiger partial charge in [0.05, 0.1) is 18.8 Å². The summed E-state index contributed by atoms with van der Waals surface area (Å²) in [6.45, 7) is 10.4. The molecule has 1 aromatic carbocycles. The molecule has 0 aliphatic carbocycles. The van der Waals surface area contributed by atoms with Gasteiger partial charge in [-0.3, -0.25) is 9.59 Å². The zero-order valence-corrected chi connectivity index (χ0v) is 18.4. The van der Waals surface area contributed by atoms with Gasteiger partial charge in [-0.05, 0) is 52.0 Å². The van der Waals surface area contributed by atoms with Gasteiger partial charge >= 0.3 is 0 Å². The molecule has 7 nitrogen and oxygen atoms in total. The third kappa shape index (κ3) is 4.32. The number of aryl methyl sites for hydroxylation is 1. The van der Waals surface area contributed by atoms with E-state index in [1.54, 1.807) is 18.2 Å². The highest BCUT2D eigenvalue weighted by Gasteiger charge is 2.26. The second-order valence-corrected chi connectivity index (χ2v) is 8.88. The monoisotopic (exact) mass is 420 g/mol. The molecule has 3 heterocycles. The Morgan fingerprint density at radius 2 is 1.71 bits per heavy atom. The van der Waals surface area contributed by atoms with Crippen LogP contribution in [0.1, 0.15) is 47.1 Å². The molecule has 31 heavy (non-hydrogen) atoms. The molecule has 162 valence electrons. The van der Waals surface area contributed by atoms with Crippen molar-refractivity contribution in [3.63, 3.8) is 0 Å². The molecule has 1 aliphatic rings. The Morgan fingerprint density at radius 3 is 2.35 bits per heavy atom. The Hall–Kier alpha value is -3.19. The van der Waals surface area contributed by atoms with Gasteiger partial charge in [0.1, 0.15) is 11.5 Å². The maximum absolute atomic E-state index is 13.2. The van der Waals surface area contributed by atoms with Gasteiger partial charge in [-0.15, -0.1) is 0 Å². The number of aromatic nitrogens is 2. The Morgan fingerprint density at radius 1 is 1.03 bits per heavy atom. The quantitative estimate of drug-likeness (QED) is 0.699. The molecular formula is C24H28N4O3. The standard InChI is InChI=1S/C24H28N4O3/c1-16-5-7-17(8-6-16)22(29)26-20-10-9-18-19(23(30)27-11-13-31-14-12-27)15-28(21(18)25-20)24(2,3)4/h5-10,15H,11-14H2,1-4H3,(H,25,26,29). The van der Waals surface area contributed by atoms with Gasteiger partial charge in [-0.2, -0.15) is 0 Å². The van der Waals surface area contributed by atoms with Gasteiger partial charge in [-0.25, -0.2) is 4.98 Å². The van der Waals surface area contributed by atoms with Crippen molar-refractivity contribution in [3.8, 4) is 0 Å². The van der Waals surface area contributed by atoms with E-state index in [0.29, 0.717) is 48.9 Å². The molecular weight excluding hydrogens is 392 g/mol. The van der Waals surface area contributed by atoms with E-state index in [0.717, 1.165) is 10.9 Å². The van der Waals surface area contributed by atoms with E-state index in [4.69, 9.17) is 9.72 Å². The second-order valence-electron chi connectivity index (χ2n) is 8.88. The van der Waals surface area contributed by atoms with Crippen LogP contribution in [0.5, 0.6) is 0 Å². The summed E-state index contributed by atoms with van der Waals surface area (Å²) in [5, 5.41) is 3.65. The van der Waals surface area contributed by atoms with Crippen molar-refractivity contribution in [2.75, 3.05) is 31.6 Å². The van der Waals surface area contributed by atoms with Crippen LogP contribution in [0.25, 0.3) is 11.0 Å². The predicted octanol–water partition coefficient (Wildman–Crippen LogP) is 3.82.